The summed E-state index contributed by atoms with van der Waals surface area (Å²) in [5.41, 5.74) is 2.07. The highest BCUT2D eigenvalue weighted by Crippen LogP contribution is 2.17. The first-order valence-corrected chi connectivity index (χ1v) is 10.4. The number of sulfonamides is 1. The minimum absolute atomic E-state index is 0.0724. The number of carbonyl (C=O) groups excluding carboxylic acids is 1. The van der Waals surface area contributed by atoms with Crippen LogP contribution >= 0.6 is 0 Å². The zero-order valence-electron chi connectivity index (χ0n) is 15.5. The molecule has 1 saturated heterocycles. The van der Waals surface area contributed by atoms with Crippen molar-refractivity contribution in [3.05, 3.63) is 65.7 Å². The highest BCUT2D eigenvalue weighted by Gasteiger charge is 2.32. The lowest BCUT2D eigenvalue weighted by atomic mass is 10.1. The number of carbonyl (C=O) groups is 1. The first kappa shape index (κ1) is 19.4. The van der Waals surface area contributed by atoms with E-state index in [9.17, 15) is 13.2 Å². The van der Waals surface area contributed by atoms with Crippen molar-refractivity contribution in [1.29, 1.82) is 0 Å². The number of nitrogens with one attached hydrogen (secondary N) is 1. The third kappa shape index (κ3) is 4.87. The second-order valence-corrected chi connectivity index (χ2v) is 8.55. The largest absolute Gasteiger partial charge is 0.374 e. The second kappa shape index (κ2) is 8.10. The first-order valence-electron chi connectivity index (χ1n) is 8.91. The number of aryl methyl sites for hydroxylation is 1. The molecule has 27 heavy (non-hydrogen) atoms. The molecule has 1 aliphatic rings. The Morgan fingerprint density at radius 2 is 1.81 bits per heavy atom. The van der Waals surface area contributed by atoms with E-state index in [4.69, 9.17) is 4.74 Å². The summed E-state index contributed by atoms with van der Waals surface area (Å²) < 4.78 is 33.0. The van der Waals surface area contributed by atoms with Crippen molar-refractivity contribution < 1.29 is 17.9 Å². The van der Waals surface area contributed by atoms with Gasteiger partial charge in [0.15, 0.2) is 0 Å². The third-order valence-electron chi connectivity index (χ3n) is 4.63. The van der Waals surface area contributed by atoms with Gasteiger partial charge in [0.25, 0.3) is 10.0 Å². The molecule has 0 saturated carbocycles. The SMILES string of the molecule is Cc1ccc(S(=O)(=O)NC(=O)N2CC(Cc3ccccc3)OCC2C)cc1. The number of nitrogens with zero attached hydrogens (tertiary/aromatic N) is 1. The average Bonchev–Trinajstić information content (AvgIpc) is 2.64. The minimum Gasteiger partial charge on any atom is -0.374 e. The van der Waals surface area contributed by atoms with E-state index in [2.05, 4.69) is 4.72 Å². The second-order valence-electron chi connectivity index (χ2n) is 6.87. The molecule has 1 fully saturated rings. The zero-order valence-corrected chi connectivity index (χ0v) is 16.3. The Hall–Kier alpha value is -2.38. The van der Waals surface area contributed by atoms with Crippen LogP contribution in [0.5, 0.6) is 0 Å². The molecule has 6 nitrogen and oxygen atoms in total. The van der Waals surface area contributed by atoms with E-state index >= 15 is 0 Å². The molecule has 0 spiro atoms. The zero-order chi connectivity index (χ0) is 19.4. The lowest BCUT2D eigenvalue weighted by Gasteiger charge is -2.37. The lowest BCUT2D eigenvalue weighted by Crippen LogP contribution is -2.55. The first-order chi connectivity index (χ1) is 12.8. The van der Waals surface area contributed by atoms with E-state index in [0.29, 0.717) is 19.6 Å². The van der Waals surface area contributed by atoms with E-state index in [1.165, 1.54) is 17.0 Å². The molecular weight excluding hydrogens is 364 g/mol. The Labute approximate surface area is 160 Å². The third-order valence-corrected chi connectivity index (χ3v) is 5.96. The van der Waals surface area contributed by atoms with Crippen LogP contribution in [-0.2, 0) is 21.2 Å². The van der Waals surface area contributed by atoms with Gasteiger partial charge in [-0.25, -0.2) is 17.9 Å². The highest BCUT2D eigenvalue weighted by molar-refractivity contribution is 7.90. The molecule has 0 aromatic heterocycles. The van der Waals surface area contributed by atoms with Gasteiger partial charge in [-0.2, -0.15) is 0 Å². The standard InChI is InChI=1S/C20H24N2O4S/c1-15-8-10-19(11-9-15)27(24,25)21-20(23)22-13-18(26-14-16(22)2)12-17-6-4-3-5-7-17/h3-11,16,18H,12-14H2,1-2H3,(H,21,23). The van der Waals surface area contributed by atoms with Crippen LogP contribution in [0.1, 0.15) is 18.1 Å². The van der Waals surface area contributed by atoms with Crippen LogP contribution in [-0.4, -0.2) is 44.6 Å². The molecule has 2 aromatic rings. The average molecular weight is 388 g/mol. The molecule has 1 heterocycles. The summed E-state index contributed by atoms with van der Waals surface area (Å²) in [4.78, 5) is 14.2. The highest BCUT2D eigenvalue weighted by atomic mass is 32.2. The number of urea groups is 1. The van der Waals surface area contributed by atoms with Gasteiger partial charge >= 0.3 is 6.03 Å². The summed E-state index contributed by atoms with van der Waals surface area (Å²) in [5.74, 6) is 0. The maximum Gasteiger partial charge on any atom is 0.331 e. The van der Waals surface area contributed by atoms with Gasteiger partial charge < -0.3 is 9.64 Å². The fourth-order valence-corrected chi connectivity index (χ4v) is 4.01. The smallest absolute Gasteiger partial charge is 0.331 e. The maximum atomic E-state index is 12.6. The van der Waals surface area contributed by atoms with Crippen molar-refractivity contribution in [2.75, 3.05) is 13.2 Å². The summed E-state index contributed by atoms with van der Waals surface area (Å²) in [5, 5.41) is 0. The maximum absolute atomic E-state index is 12.6. The quantitative estimate of drug-likeness (QED) is 0.874. The molecule has 2 amide bonds. The van der Waals surface area contributed by atoms with E-state index in [0.717, 1.165) is 11.1 Å². The molecular formula is C20H24N2O4S. The molecule has 1 N–H and O–H groups in total. The van der Waals surface area contributed by atoms with Gasteiger partial charge in [-0.1, -0.05) is 48.0 Å². The summed E-state index contributed by atoms with van der Waals surface area (Å²) >= 11 is 0. The van der Waals surface area contributed by atoms with E-state index in [1.54, 1.807) is 12.1 Å². The molecule has 3 rings (SSSR count). The van der Waals surface area contributed by atoms with E-state index < -0.39 is 16.1 Å². The summed E-state index contributed by atoms with van der Waals surface area (Å²) in [6.45, 7) is 4.43. The number of amides is 2. The molecule has 2 aromatic carbocycles. The van der Waals surface area contributed by atoms with Gasteiger partial charge in [0.2, 0.25) is 0 Å². The normalized spacial score (nSPS) is 20.3. The number of ether oxygens (including phenoxy) is 1. The van der Waals surface area contributed by atoms with E-state index in [1.807, 2.05) is 44.2 Å². The predicted molar refractivity (Wildman–Crippen MR) is 103 cm³/mol. The van der Waals surface area contributed by atoms with Gasteiger partial charge in [-0.3, -0.25) is 0 Å². The van der Waals surface area contributed by atoms with Gasteiger partial charge in [-0.15, -0.1) is 0 Å². The Bertz CT molecular complexity index is 882. The number of rotatable bonds is 4. The summed E-state index contributed by atoms with van der Waals surface area (Å²) in [6.07, 6.45) is 0.499. The fraction of sp³-hybridized carbons (Fsp3) is 0.350. The topological polar surface area (TPSA) is 75.7 Å². The van der Waals surface area contributed by atoms with Crippen molar-refractivity contribution in [3.63, 3.8) is 0 Å². The molecule has 2 atom stereocenters. The van der Waals surface area contributed by atoms with Crippen molar-refractivity contribution in [3.8, 4) is 0 Å². The van der Waals surface area contributed by atoms with Crippen LogP contribution in [0.3, 0.4) is 0 Å². The minimum atomic E-state index is -3.91. The lowest BCUT2D eigenvalue weighted by molar-refractivity contribution is -0.0396. The van der Waals surface area contributed by atoms with Crippen LogP contribution in [0.15, 0.2) is 59.5 Å². The van der Waals surface area contributed by atoms with Crippen molar-refractivity contribution in [2.24, 2.45) is 0 Å². The van der Waals surface area contributed by atoms with E-state index in [-0.39, 0.29) is 17.0 Å². The van der Waals surface area contributed by atoms with Crippen LogP contribution in [0.2, 0.25) is 0 Å². The molecule has 1 aliphatic heterocycles. The van der Waals surface area contributed by atoms with Gasteiger partial charge in [0, 0.05) is 13.0 Å². The van der Waals surface area contributed by atoms with Gasteiger partial charge in [-0.05, 0) is 31.5 Å². The molecule has 0 bridgehead atoms. The molecule has 7 heteroatoms. The molecule has 0 radical (unpaired) electrons. The molecule has 0 aliphatic carbocycles. The number of morpholine rings is 1. The van der Waals surface area contributed by atoms with Crippen molar-refractivity contribution >= 4 is 16.1 Å². The Balaban J connectivity index is 1.68. The summed E-state index contributed by atoms with van der Waals surface area (Å²) in [6, 6.07) is 15.4. The molecule has 2 unspecified atom stereocenters. The number of hydrogen-bond donors (Lipinski definition) is 1. The van der Waals surface area contributed by atoms with Crippen LogP contribution in [0, 0.1) is 6.92 Å². The Kier molecular flexibility index (Phi) is 5.82. The van der Waals surface area contributed by atoms with Crippen LogP contribution in [0.4, 0.5) is 4.79 Å². The van der Waals surface area contributed by atoms with Gasteiger partial charge in [0.05, 0.1) is 23.6 Å². The van der Waals surface area contributed by atoms with Crippen molar-refractivity contribution in [2.45, 2.75) is 37.3 Å². The van der Waals surface area contributed by atoms with Crippen molar-refractivity contribution in [1.82, 2.24) is 9.62 Å². The van der Waals surface area contributed by atoms with Crippen LogP contribution in [0.25, 0.3) is 0 Å². The number of benzene rings is 2. The monoisotopic (exact) mass is 388 g/mol. The Morgan fingerprint density at radius 1 is 1.15 bits per heavy atom. The molecule has 144 valence electrons. The fourth-order valence-electron chi connectivity index (χ4n) is 3.05. The predicted octanol–water partition coefficient (Wildman–Crippen LogP) is 2.73. The number of hydrogen-bond acceptors (Lipinski definition) is 4. The Morgan fingerprint density at radius 3 is 2.48 bits per heavy atom. The van der Waals surface area contributed by atoms with Gasteiger partial charge in [0.1, 0.15) is 0 Å². The van der Waals surface area contributed by atoms with Crippen LogP contribution < -0.4 is 4.72 Å². The summed E-state index contributed by atoms with van der Waals surface area (Å²) in [7, 11) is -3.91.